The SMILES string of the molecule is CCCCNC(=O)C1CN(C(=O)c2ccco2)CC1c1cccc(OC)c1OC. The van der Waals surface area contributed by atoms with Crippen molar-refractivity contribution in [2.24, 2.45) is 5.92 Å². The Morgan fingerprint density at radius 2 is 2.00 bits per heavy atom. The Morgan fingerprint density at radius 1 is 1.17 bits per heavy atom. The Balaban J connectivity index is 1.91. The topological polar surface area (TPSA) is 81.0 Å². The number of para-hydroxylation sites is 1. The molecule has 29 heavy (non-hydrogen) atoms. The van der Waals surface area contributed by atoms with Crippen molar-refractivity contribution in [1.82, 2.24) is 10.2 Å². The van der Waals surface area contributed by atoms with Crippen LogP contribution in [0.5, 0.6) is 11.5 Å². The number of nitrogens with zero attached hydrogens (tertiary/aromatic N) is 1. The van der Waals surface area contributed by atoms with Crippen LogP contribution in [0.2, 0.25) is 0 Å². The first-order chi connectivity index (χ1) is 14.1. The van der Waals surface area contributed by atoms with Gasteiger partial charge in [-0.15, -0.1) is 0 Å². The Labute approximate surface area is 171 Å². The molecule has 1 saturated heterocycles. The van der Waals surface area contributed by atoms with E-state index in [1.165, 1.54) is 6.26 Å². The zero-order chi connectivity index (χ0) is 20.8. The van der Waals surface area contributed by atoms with Crippen LogP contribution in [0.4, 0.5) is 0 Å². The third-order valence-electron chi connectivity index (χ3n) is 5.34. The first-order valence-corrected chi connectivity index (χ1v) is 9.92. The normalized spacial score (nSPS) is 18.5. The number of carbonyl (C=O) groups excluding carboxylic acids is 2. The quantitative estimate of drug-likeness (QED) is 0.689. The zero-order valence-electron chi connectivity index (χ0n) is 17.1. The van der Waals surface area contributed by atoms with Crippen molar-refractivity contribution in [3.8, 4) is 11.5 Å². The van der Waals surface area contributed by atoms with Crippen LogP contribution in [0, 0.1) is 5.92 Å². The minimum absolute atomic E-state index is 0.0527. The van der Waals surface area contributed by atoms with Gasteiger partial charge >= 0.3 is 0 Å². The van der Waals surface area contributed by atoms with E-state index in [2.05, 4.69) is 12.2 Å². The lowest BCUT2D eigenvalue weighted by atomic mass is 9.87. The standard InChI is InChI=1S/C22H28N2O5/c1-4-5-11-23-21(25)17-14-24(22(26)19-10-7-12-29-19)13-16(17)15-8-6-9-18(27-2)20(15)28-3/h6-10,12,16-17H,4-5,11,13-14H2,1-3H3,(H,23,25). The minimum Gasteiger partial charge on any atom is -0.493 e. The number of rotatable bonds is 8. The number of hydrogen-bond donors (Lipinski definition) is 1. The summed E-state index contributed by atoms with van der Waals surface area (Å²) in [5.41, 5.74) is 0.859. The van der Waals surface area contributed by atoms with Gasteiger partial charge in [0.2, 0.25) is 5.91 Å². The van der Waals surface area contributed by atoms with Gasteiger partial charge in [-0.25, -0.2) is 0 Å². The van der Waals surface area contributed by atoms with Gasteiger partial charge in [0.25, 0.3) is 5.91 Å². The van der Waals surface area contributed by atoms with Crippen LogP contribution in [0.1, 0.15) is 41.8 Å². The highest BCUT2D eigenvalue weighted by atomic mass is 16.5. The fourth-order valence-corrected chi connectivity index (χ4v) is 3.83. The molecule has 1 fully saturated rings. The lowest BCUT2D eigenvalue weighted by Crippen LogP contribution is -2.36. The van der Waals surface area contributed by atoms with E-state index in [-0.39, 0.29) is 29.4 Å². The number of ether oxygens (including phenoxy) is 2. The third kappa shape index (κ3) is 4.39. The number of nitrogens with one attached hydrogen (secondary N) is 1. The van der Waals surface area contributed by atoms with E-state index < -0.39 is 0 Å². The van der Waals surface area contributed by atoms with Crippen molar-refractivity contribution in [3.63, 3.8) is 0 Å². The minimum atomic E-state index is -0.383. The second-order valence-electron chi connectivity index (χ2n) is 7.13. The summed E-state index contributed by atoms with van der Waals surface area (Å²) in [4.78, 5) is 27.5. The molecule has 0 bridgehead atoms. The van der Waals surface area contributed by atoms with Gasteiger partial charge in [0.1, 0.15) is 0 Å². The number of carbonyl (C=O) groups is 2. The molecular weight excluding hydrogens is 372 g/mol. The number of methoxy groups -OCH3 is 2. The van der Waals surface area contributed by atoms with Crippen LogP contribution in [-0.4, -0.2) is 50.6 Å². The van der Waals surface area contributed by atoms with Crippen molar-refractivity contribution < 1.29 is 23.5 Å². The molecule has 3 rings (SSSR count). The van der Waals surface area contributed by atoms with E-state index in [0.29, 0.717) is 31.1 Å². The van der Waals surface area contributed by atoms with Crippen molar-refractivity contribution in [2.75, 3.05) is 33.9 Å². The van der Waals surface area contributed by atoms with Gasteiger partial charge in [0, 0.05) is 31.1 Å². The predicted octanol–water partition coefficient (Wildman–Crippen LogP) is 3.07. The van der Waals surface area contributed by atoms with Crippen molar-refractivity contribution in [1.29, 1.82) is 0 Å². The molecule has 1 aromatic heterocycles. The monoisotopic (exact) mass is 400 g/mol. The maximum atomic E-state index is 13.0. The van der Waals surface area contributed by atoms with E-state index >= 15 is 0 Å². The summed E-state index contributed by atoms with van der Waals surface area (Å²) in [6.07, 6.45) is 3.39. The molecule has 1 aromatic carbocycles. The van der Waals surface area contributed by atoms with Crippen LogP contribution in [0.15, 0.2) is 41.0 Å². The van der Waals surface area contributed by atoms with Crippen LogP contribution in [0.3, 0.4) is 0 Å². The summed E-state index contributed by atoms with van der Waals surface area (Å²) in [6.45, 7) is 3.42. The molecule has 156 valence electrons. The van der Waals surface area contributed by atoms with Gasteiger partial charge in [-0.1, -0.05) is 25.5 Å². The van der Waals surface area contributed by atoms with E-state index in [0.717, 1.165) is 18.4 Å². The molecule has 2 unspecified atom stereocenters. The van der Waals surface area contributed by atoms with Gasteiger partial charge in [0.15, 0.2) is 17.3 Å². The highest BCUT2D eigenvalue weighted by Crippen LogP contribution is 2.42. The lowest BCUT2D eigenvalue weighted by Gasteiger charge is -2.21. The molecule has 0 saturated carbocycles. The third-order valence-corrected chi connectivity index (χ3v) is 5.34. The average molecular weight is 400 g/mol. The number of furan rings is 1. The van der Waals surface area contributed by atoms with Crippen LogP contribution < -0.4 is 14.8 Å². The van der Waals surface area contributed by atoms with Crippen molar-refractivity contribution >= 4 is 11.8 Å². The van der Waals surface area contributed by atoms with Gasteiger partial charge in [0.05, 0.1) is 26.4 Å². The Bertz CT molecular complexity index is 834. The predicted molar refractivity (Wildman–Crippen MR) is 108 cm³/mol. The maximum Gasteiger partial charge on any atom is 0.289 e. The molecule has 0 radical (unpaired) electrons. The molecule has 2 aromatic rings. The second-order valence-corrected chi connectivity index (χ2v) is 7.13. The molecule has 0 spiro atoms. The van der Waals surface area contributed by atoms with Crippen LogP contribution in [0.25, 0.3) is 0 Å². The molecule has 1 aliphatic rings. The summed E-state index contributed by atoms with van der Waals surface area (Å²) >= 11 is 0. The fourth-order valence-electron chi connectivity index (χ4n) is 3.83. The number of hydrogen-bond acceptors (Lipinski definition) is 5. The van der Waals surface area contributed by atoms with Crippen molar-refractivity contribution in [2.45, 2.75) is 25.7 Å². The molecule has 2 amide bonds. The summed E-state index contributed by atoms with van der Waals surface area (Å²) in [5, 5.41) is 3.01. The average Bonchev–Trinajstić information content (AvgIpc) is 3.43. The second kappa shape index (κ2) is 9.49. The van der Waals surface area contributed by atoms with E-state index in [9.17, 15) is 9.59 Å². The van der Waals surface area contributed by atoms with Crippen LogP contribution in [-0.2, 0) is 4.79 Å². The Kier molecular flexibility index (Phi) is 6.80. The van der Waals surface area contributed by atoms with Gasteiger partial charge in [-0.3, -0.25) is 9.59 Å². The summed E-state index contributed by atoms with van der Waals surface area (Å²) in [6, 6.07) is 8.94. The zero-order valence-corrected chi connectivity index (χ0v) is 17.1. The first kappa shape index (κ1) is 20.8. The molecular formula is C22H28N2O5. The largest absolute Gasteiger partial charge is 0.493 e. The Hall–Kier alpha value is -2.96. The van der Waals surface area contributed by atoms with Crippen molar-refractivity contribution in [3.05, 3.63) is 47.9 Å². The summed E-state index contributed by atoms with van der Waals surface area (Å²) in [7, 11) is 3.16. The van der Waals surface area contributed by atoms with E-state index in [4.69, 9.17) is 13.9 Å². The van der Waals surface area contributed by atoms with Gasteiger partial charge < -0.3 is 24.1 Å². The molecule has 2 heterocycles. The van der Waals surface area contributed by atoms with Gasteiger partial charge in [-0.2, -0.15) is 0 Å². The fraction of sp³-hybridized carbons (Fsp3) is 0.455. The molecule has 1 aliphatic heterocycles. The molecule has 7 heteroatoms. The summed E-state index contributed by atoms with van der Waals surface area (Å²) in [5.74, 6) is 0.610. The highest BCUT2D eigenvalue weighted by molar-refractivity contribution is 5.93. The first-order valence-electron chi connectivity index (χ1n) is 9.92. The molecule has 7 nitrogen and oxygen atoms in total. The molecule has 2 atom stereocenters. The molecule has 0 aliphatic carbocycles. The molecule has 1 N–H and O–H groups in total. The van der Waals surface area contributed by atoms with Crippen LogP contribution >= 0.6 is 0 Å². The number of benzene rings is 1. The highest BCUT2D eigenvalue weighted by Gasteiger charge is 2.42. The van der Waals surface area contributed by atoms with Gasteiger partial charge in [-0.05, 0) is 24.6 Å². The van der Waals surface area contributed by atoms with E-state index in [1.807, 2.05) is 18.2 Å². The number of amides is 2. The Morgan fingerprint density at radius 3 is 2.66 bits per heavy atom. The lowest BCUT2D eigenvalue weighted by molar-refractivity contribution is -0.124. The summed E-state index contributed by atoms with van der Waals surface area (Å²) < 4.78 is 16.3. The smallest absolute Gasteiger partial charge is 0.289 e. The maximum absolute atomic E-state index is 13.0. The number of unbranched alkanes of at least 4 members (excludes halogenated alkanes) is 1. The van der Waals surface area contributed by atoms with E-state index in [1.54, 1.807) is 31.3 Å². The number of likely N-dealkylation sites (tertiary alicyclic amines) is 1.